The molecule has 0 radical (unpaired) electrons. The fourth-order valence-corrected chi connectivity index (χ4v) is 2.26. The van der Waals surface area contributed by atoms with E-state index in [9.17, 15) is 14.0 Å². The number of halogens is 1. The molecule has 0 aliphatic carbocycles. The Kier molecular flexibility index (Phi) is 3.41. The third kappa shape index (κ3) is 2.82. The Morgan fingerprint density at radius 3 is 2.43 bits per heavy atom. The van der Waals surface area contributed by atoms with Gasteiger partial charge in [0.1, 0.15) is 11.3 Å². The second kappa shape index (κ2) is 5.41. The van der Waals surface area contributed by atoms with Crippen molar-refractivity contribution in [3.63, 3.8) is 0 Å². The molecule has 8 heteroatoms. The number of rotatable bonds is 3. The Morgan fingerprint density at radius 1 is 1.13 bits per heavy atom. The molecule has 0 fully saturated rings. The number of fused-ring (bicyclic) bond motifs is 1. The highest BCUT2D eigenvalue weighted by Crippen LogP contribution is 2.22. The Morgan fingerprint density at radius 2 is 1.83 bits per heavy atom. The van der Waals surface area contributed by atoms with Crippen molar-refractivity contribution in [1.29, 1.82) is 0 Å². The Labute approximate surface area is 129 Å². The predicted molar refractivity (Wildman–Crippen MR) is 82.8 cm³/mol. The van der Waals surface area contributed by atoms with Crippen LogP contribution < -0.4 is 16.8 Å². The maximum absolute atomic E-state index is 13.5. The molecule has 0 unspecified atom stereocenters. The number of amides is 3. The molecule has 0 aliphatic rings. The number of hydrogen-bond donors (Lipinski definition) is 3. The first-order valence-corrected chi connectivity index (χ1v) is 6.59. The molecule has 1 heterocycles. The molecule has 116 valence electrons. The van der Waals surface area contributed by atoms with Crippen LogP contribution in [-0.4, -0.2) is 21.7 Å². The lowest BCUT2D eigenvalue weighted by Crippen LogP contribution is -2.19. The summed E-state index contributed by atoms with van der Waals surface area (Å²) >= 11 is 0. The van der Waals surface area contributed by atoms with Crippen LogP contribution in [0.2, 0.25) is 0 Å². The normalized spacial score (nSPS) is 10.7. The number of nitrogens with zero attached hydrogens (tertiary/aromatic N) is 2. The fraction of sp³-hybridized carbons (Fsp3) is 0. The lowest BCUT2D eigenvalue weighted by atomic mass is 10.1. The van der Waals surface area contributed by atoms with E-state index in [2.05, 4.69) is 10.4 Å². The van der Waals surface area contributed by atoms with Gasteiger partial charge >= 0.3 is 6.03 Å². The highest BCUT2D eigenvalue weighted by atomic mass is 19.1. The van der Waals surface area contributed by atoms with E-state index in [4.69, 9.17) is 11.5 Å². The zero-order chi connectivity index (χ0) is 16.6. The van der Waals surface area contributed by atoms with Crippen molar-refractivity contribution in [2.45, 2.75) is 0 Å². The molecular formula is C15H12FN5O2. The van der Waals surface area contributed by atoms with Crippen LogP contribution >= 0.6 is 0 Å². The van der Waals surface area contributed by atoms with Gasteiger partial charge < -0.3 is 16.8 Å². The number of urea groups is 1. The van der Waals surface area contributed by atoms with Crippen molar-refractivity contribution in [1.82, 2.24) is 9.78 Å². The molecule has 0 bridgehead atoms. The van der Waals surface area contributed by atoms with Gasteiger partial charge in [0.2, 0.25) is 0 Å². The first-order chi connectivity index (χ1) is 10.9. The Bertz CT molecular complexity index is 918. The number of benzene rings is 2. The summed E-state index contributed by atoms with van der Waals surface area (Å²) in [6.45, 7) is 0. The summed E-state index contributed by atoms with van der Waals surface area (Å²) in [4.78, 5) is 22.2. The van der Waals surface area contributed by atoms with Crippen molar-refractivity contribution >= 4 is 28.5 Å². The minimum Gasteiger partial charge on any atom is -0.366 e. The molecule has 0 spiro atoms. The fourth-order valence-electron chi connectivity index (χ4n) is 2.26. The summed E-state index contributed by atoms with van der Waals surface area (Å²) in [7, 11) is 0. The Hall–Kier alpha value is -3.42. The van der Waals surface area contributed by atoms with Crippen molar-refractivity contribution < 1.29 is 14.0 Å². The van der Waals surface area contributed by atoms with E-state index in [0.29, 0.717) is 22.3 Å². The number of hydrogen-bond acceptors (Lipinski definition) is 3. The van der Waals surface area contributed by atoms with Crippen LogP contribution in [0.25, 0.3) is 16.6 Å². The van der Waals surface area contributed by atoms with Crippen molar-refractivity contribution in [2.75, 3.05) is 5.32 Å². The first-order valence-electron chi connectivity index (χ1n) is 6.59. The number of nitrogens with two attached hydrogens (primary N) is 2. The standard InChI is InChI=1S/C15H12FN5O2/c16-9-5-8-7-21(20-13(8)12(6-9)14(17)22)11-3-1-10(2-4-11)19-15(18)23/h1-7H,(H2,17,22)(H3,18,19,23). The van der Waals surface area contributed by atoms with Gasteiger partial charge in [0.15, 0.2) is 0 Å². The van der Waals surface area contributed by atoms with Gasteiger partial charge in [-0.3, -0.25) is 4.79 Å². The van der Waals surface area contributed by atoms with Gasteiger partial charge in [0.25, 0.3) is 5.91 Å². The molecule has 3 amide bonds. The van der Waals surface area contributed by atoms with Crippen LogP contribution in [0.5, 0.6) is 0 Å². The molecule has 0 aliphatic heterocycles. The van der Waals surface area contributed by atoms with Crippen LogP contribution in [0.1, 0.15) is 10.4 Å². The van der Waals surface area contributed by atoms with E-state index >= 15 is 0 Å². The number of primary amides is 2. The van der Waals surface area contributed by atoms with E-state index in [0.717, 1.165) is 6.07 Å². The lowest BCUT2D eigenvalue weighted by Gasteiger charge is -2.04. The minimum absolute atomic E-state index is 0.0192. The number of carbonyl (C=O) groups is 2. The smallest absolute Gasteiger partial charge is 0.316 e. The highest BCUT2D eigenvalue weighted by molar-refractivity contribution is 6.04. The van der Waals surface area contributed by atoms with Gasteiger partial charge in [-0.1, -0.05) is 0 Å². The molecule has 7 nitrogen and oxygen atoms in total. The zero-order valence-electron chi connectivity index (χ0n) is 11.8. The van der Waals surface area contributed by atoms with E-state index in [1.807, 2.05) is 0 Å². The number of carbonyl (C=O) groups excluding carboxylic acids is 2. The van der Waals surface area contributed by atoms with Gasteiger partial charge in [-0.25, -0.2) is 13.9 Å². The summed E-state index contributed by atoms with van der Waals surface area (Å²) in [5.74, 6) is -1.31. The second-order valence-corrected chi connectivity index (χ2v) is 4.87. The molecule has 0 atom stereocenters. The number of nitrogens with one attached hydrogen (secondary N) is 1. The maximum atomic E-state index is 13.5. The average Bonchev–Trinajstić information content (AvgIpc) is 2.90. The van der Waals surface area contributed by atoms with Gasteiger partial charge in [-0.05, 0) is 36.4 Å². The molecule has 0 saturated heterocycles. The summed E-state index contributed by atoms with van der Waals surface area (Å²) in [5, 5.41) is 7.17. The summed E-state index contributed by atoms with van der Waals surface area (Å²) in [6, 6.07) is 8.33. The third-order valence-electron chi connectivity index (χ3n) is 3.24. The molecule has 0 saturated carbocycles. The van der Waals surface area contributed by atoms with E-state index in [1.165, 1.54) is 10.7 Å². The lowest BCUT2D eigenvalue weighted by molar-refractivity contribution is 0.100. The average molecular weight is 313 g/mol. The second-order valence-electron chi connectivity index (χ2n) is 4.87. The first kappa shape index (κ1) is 14.5. The topological polar surface area (TPSA) is 116 Å². The van der Waals surface area contributed by atoms with E-state index in [1.54, 1.807) is 30.5 Å². The minimum atomic E-state index is -0.749. The largest absolute Gasteiger partial charge is 0.366 e. The van der Waals surface area contributed by atoms with E-state index in [-0.39, 0.29) is 5.56 Å². The molecule has 2 aromatic carbocycles. The van der Waals surface area contributed by atoms with Crippen molar-refractivity contribution in [3.05, 3.63) is 54.0 Å². The SMILES string of the molecule is NC(=O)Nc1ccc(-n2cc3cc(F)cc(C(N)=O)c3n2)cc1. The Balaban J connectivity index is 2.05. The summed E-state index contributed by atoms with van der Waals surface area (Å²) < 4.78 is 15.0. The highest BCUT2D eigenvalue weighted by Gasteiger charge is 2.13. The van der Waals surface area contributed by atoms with Crippen LogP contribution in [0.15, 0.2) is 42.6 Å². The van der Waals surface area contributed by atoms with Gasteiger partial charge in [0.05, 0.1) is 11.3 Å². The molecule has 1 aromatic heterocycles. The number of anilines is 1. The van der Waals surface area contributed by atoms with Crippen LogP contribution in [0.3, 0.4) is 0 Å². The monoisotopic (exact) mass is 313 g/mol. The maximum Gasteiger partial charge on any atom is 0.316 e. The van der Waals surface area contributed by atoms with Crippen LogP contribution in [0, 0.1) is 5.82 Å². The predicted octanol–water partition coefficient (Wildman–Crippen LogP) is 1.75. The van der Waals surface area contributed by atoms with Crippen molar-refractivity contribution in [3.8, 4) is 5.69 Å². The quantitative estimate of drug-likeness (QED) is 0.684. The van der Waals surface area contributed by atoms with Crippen LogP contribution in [0.4, 0.5) is 14.9 Å². The zero-order valence-corrected chi connectivity index (χ0v) is 11.8. The van der Waals surface area contributed by atoms with Crippen molar-refractivity contribution in [2.24, 2.45) is 11.5 Å². The molecule has 3 rings (SSSR count). The molecular weight excluding hydrogens is 301 g/mol. The van der Waals surface area contributed by atoms with Gasteiger partial charge in [0, 0.05) is 17.3 Å². The summed E-state index contributed by atoms with van der Waals surface area (Å²) in [6.07, 6.45) is 1.58. The van der Waals surface area contributed by atoms with Gasteiger partial charge in [-0.15, -0.1) is 0 Å². The summed E-state index contributed by atoms with van der Waals surface area (Å²) in [5.41, 5.74) is 11.8. The van der Waals surface area contributed by atoms with Crippen LogP contribution in [-0.2, 0) is 0 Å². The molecule has 23 heavy (non-hydrogen) atoms. The third-order valence-corrected chi connectivity index (χ3v) is 3.24. The van der Waals surface area contributed by atoms with E-state index < -0.39 is 17.8 Å². The molecule has 5 N–H and O–H groups in total. The number of aromatic nitrogens is 2. The molecule has 3 aromatic rings. The van der Waals surface area contributed by atoms with Gasteiger partial charge in [-0.2, -0.15) is 5.10 Å².